The van der Waals surface area contributed by atoms with Crippen LogP contribution in [0.2, 0.25) is 5.02 Å². The lowest BCUT2D eigenvalue weighted by Crippen LogP contribution is -2.05. The maximum atomic E-state index is 12.8. The average Bonchev–Trinajstić information content (AvgIpc) is 2.89. The Bertz CT molecular complexity index is 715. The summed E-state index contributed by atoms with van der Waals surface area (Å²) < 4.78 is 43.4. The molecule has 0 bridgehead atoms. The van der Waals surface area contributed by atoms with E-state index in [1.807, 2.05) is 6.07 Å². The van der Waals surface area contributed by atoms with Crippen molar-refractivity contribution in [1.82, 2.24) is 0 Å². The number of anilines is 1. The molecular formula is C16H13ClF3NO. The summed E-state index contributed by atoms with van der Waals surface area (Å²) in [6.07, 6.45) is -3.83. The molecule has 0 fully saturated rings. The monoisotopic (exact) mass is 327 g/mol. The highest BCUT2D eigenvalue weighted by molar-refractivity contribution is 6.32. The van der Waals surface area contributed by atoms with Crippen LogP contribution >= 0.6 is 11.6 Å². The van der Waals surface area contributed by atoms with Crippen LogP contribution in [0.25, 0.3) is 0 Å². The van der Waals surface area contributed by atoms with Crippen molar-refractivity contribution in [1.29, 1.82) is 0 Å². The number of ether oxygens (including phenoxy) is 1. The molecule has 2 nitrogen and oxygen atoms in total. The highest BCUT2D eigenvalue weighted by Gasteiger charge is 2.32. The Morgan fingerprint density at radius 1 is 1.18 bits per heavy atom. The first kappa shape index (κ1) is 15.0. The van der Waals surface area contributed by atoms with Crippen LogP contribution in [0, 0.1) is 0 Å². The van der Waals surface area contributed by atoms with Crippen LogP contribution in [-0.2, 0) is 12.6 Å². The van der Waals surface area contributed by atoms with Gasteiger partial charge >= 0.3 is 6.18 Å². The van der Waals surface area contributed by atoms with Crippen molar-refractivity contribution in [3.63, 3.8) is 0 Å². The number of fused-ring (bicyclic) bond motifs is 1. The lowest BCUT2D eigenvalue weighted by Gasteiger charge is -2.13. The molecule has 1 atom stereocenters. The van der Waals surface area contributed by atoms with Gasteiger partial charge in [-0.1, -0.05) is 17.7 Å². The quantitative estimate of drug-likeness (QED) is 0.830. The van der Waals surface area contributed by atoms with Gasteiger partial charge in [-0.25, -0.2) is 0 Å². The van der Waals surface area contributed by atoms with Gasteiger partial charge in [0.25, 0.3) is 0 Å². The largest absolute Gasteiger partial charge is 0.495 e. The molecule has 0 radical (unpaired) electrons. The van der Waals surface area contributed by atoms with E-state index in [4.69, 9.17) is 16.3 Å². The molecule has 1 heterocycles. The van der Waals surface area contributed by atoms with Crippen molar-refractivity contribution in [3.05, 3.63) is 58.1 Å². The number of hydrogen-bond acceptors (Lipinski definition) is 2. The molecule has 3 rings (SSSR count). The predicted molar refractivity (Wildman–Crippen MR) is 79.5 cm³/mol. The summed E-state index contributed by atoms with van der Waals surface area (Å²) in [7, 11) is 1.53. The van der Waals surface area contributed by atoms with Gasteiger partial charge in [-0.3, -0.25) is 0 Å². The summed E-state index contributed by atoms with van der Waals surface area (Å²) in [5.74, 6) is 0.570. The van der Waals surface area contributed by atoms with Crippen molar-refractivity contribution in [2.75, 3.05) is 12.4 Å². The van der Waals surface area contributed by atoms with Gasteiger partial charge in [-0.2, -0.15) is 13.2 Å². The molecule has 0 aliphatic carbocycles. The maximum absolute atomic E-state index is 12.8. The summed E-state index contributed by atoms with van der Waals surface area (Å²) in [6.45, 7) is 0. The van der Waals surface area contributed by atoms with E-state index in [1.54, 1.807) is 12.1 Å². The first-order valence-corrected chi connectivity index (χ1v) is 7.06. The number of nitrogens with one attached hydrogen (secondary N) is 1. The molecule has 22 heavy (non-hydrogen) atoms. The second-order valence-corrected chi connectivity index (χ2v) is 5.57. The van der Waals surface area contributed by atoms with Gasteiger partial charge in [0.15, 0.2) is 0 Å². The van der Waals surface area contributed by atoms with E-state index in [1.165, 1.54) is 19.2 Å². The van der Waals surface area contributed by atoms with E-state index in [0.717, 1.165) is 17.3 Å². The fraction of sp³-hybridized carbons (Fsp3) is 0.250. The number of hydrogen-bond donors (Lipinski definition) is 1. The summed E-state index contributed by atoms with van der Waals surface area (Å²) in [6, 6.07) is 9.06. The van der Waals surface area contributed by atoms with E-state index >= 15 is 0 Å². The zero-order valence-corrected chi connectivity index (χ0v) is 12.4. The highest BCUT2D eigenvalue weighted by Crippen LogP contribution is 2.39. The number of halogens is 4. The molecule has 1 N–H and O–H groups in total. The Balaban J connectivity index is 1.87. The minimum Gasteiger partial charge on any atom is -0.495 e. The van der Waals surface area contributed by atoms with Crippen molar-refractivity contribution >= 4 is 17.3 Å². The van der Waals surface area contributed by atoms with Gasteiger partial charge in [-0.15, -0.1) is 0 Å². The Hall–Kier alpha value is -1.88. The lowest BCUT2D eigenvalue weighted by atomic mass is 10.0. The number of benzene rings is 2. The highest BCUT2D eigenvalue weighted by atomic mass is 35.5. The minimum atomic E-state index is -4.32. The molecule has 0 saturated carbocycles. The summed E-state index contributed by atoms with van der Waals surface area (Å²) in [5.41, 5.74) is 1.67. The topological polar surface area (TPSA) is 21.3 Å². The fourth-order valence-electron chi connectivity index (χ4n) is 2.64. The molecule has 2 aromatic carbocycles. The Morgan fingerprint density at radius 3 is 2.59 bits per heavy atom. The zero-order valence-electron chi connectivity index (χ0n) is 11.7. The zero-order chi connectivity index (χ0) is 15.9. The predicted octanol–water partition coefficient (Wildman–Crippen LogP) is 5.08. The van der Waals surface area contributed by atoms with Gasteiger partial charge in [0.05, 0.1) is 23.7 Å². The van der Waals surface area contributed by atoms with Gasteiger partial charge in [-0.05, 0) is 47.9 Å². The van der Waals surface area contributed by atoms with Crippen molar-refractivity contribution < 1.29 is 17.9 Å². The molecule has 1 aliphatic rings. The first-order valence-electron chi connectivity index (χ1n) is 6.68. The van der Waals surface area contributed by atoms with Crippen LogP contribution in [0.4, 0.5) is 18.9 Å². The third-order valence-electron chi connectivity index (χ3n) is 3.76. The van der Waals surface area contributed by atoms with Crippen molar-refractivity contribution in [2.24, 2.45) is 0 Å². The third-order valence-corrected chi connectivity index (χ3v) is 4.06. The van der Waals surface area contributed by atoms with Crippen LogP contribution < -0.4 is 10.1 Å². The molecule has 2 aromatic rings. The van der Waals surface area contributed by atoms with Gasteiger partial charge in [0.2, 0.25) is 0 Å². The average molecular weight is 328 g/mol. The smallest absolute Gasteiger partial charge is 0.416 e. The molecule has 0 spiro atoms. The van der Waals surface area contributed by atoms with Crippen LogP contribution in [-0.4, -0.2) is 7.11 Å². The summed E-state index contributed by atoms with van der Waals surface area (Å²) >= 11 is 6.10. The van der Waals surface area contributed by atoms with Crippen molar-refractivity contribution in [3.8, 4) is 5.75 Å². The molecular weight excluding hydrogens is 315 g/mol. The molecule has 0 aromatic heterocycles. The molecule has 0 amide bonds. The van der Waals surface area contributed by atoms with E-state index < -0.39 is 11.7 Å². The Kier molecular flexibility index (Phi) is 3.68. The SMILES string of the molecule is COc1ccc(C2Cc3cc(C(F)(F)F)ccc3N2)cc1Cl. The van der Waals surface area contributed by atoms with Gasteiger partial charge in [0.1, 0.15) is 5.75 Å². The second-order valence-electron chi connectivity index (χ2n) is 5.16. The fourth-order valence-corrected chi connectivity index (χ4v) is 2.91. The number of methoxy groups -OCH3 is 1. The maximum Gasteiger partial charge on any atom is 0.416 e. The van der Waals surface area contributed by atoms with E-state index in [0.29, 0.717) is 22.8 Å². The molecule has 6 heteroatoms. The standard InChI is InChI=1S/C16H13ClF3NO/c1-22-15-5-2-9(7-12(15)17)14-8-10-6-11(16(18,19)20)3-4-13(10)21-14/h2-7,14,21H,8H2,1H3. The first-order chi connectivity index (χ1) is 10.4. The van der Waals surface area contributed by atoms with E-state index in [2.05, 4.69) is 5.32 Å². The van der Waals surface area contributed by atoms with Crippen LogP contribution in [0.1, 0.15) is 22.7 Å². The summed E-state index contributed by atoms with van der Waals surface area (Å²) in [4.78, 5) is 0. The normalized spacial score (nSPS) is 17.0. The Morgan fingerprint density at radius 2 is 1.95 bits per heavy atom. The molecule has 1 unspecified atom stereocenters. The number of rotatable bonds is 2. The number of alkyl halides is 3. The van der Waals surface area contributed by atoms with Crippen LogP contribution in [0.3, 0.4) is 0 Å². The molecule has 116 valence electrons. The second kappa shape index (κ2) is 5.39. The van der Waals surface area contributed by atoms with E-state index in [9.17, 15) is 13.2 Å². The van der Waals surface area contributed by atoms with Crippen molar-refractivity contribution in [2.45, 2.75) is 18.6 Å². The van der Waals surface area contributed by atoms with Crippen LogP contribution in [0.5, 0.6) is 5.75 Å². The van der Waals surface area contributed by atoms with E-state index in [-0.39, 0.29) is 6.04 Å². The summed E-state index contributed by atoms with van der Waals surface area (Å²) in [5, 5.41) is 3.71. The van der Waals surface area contributed by atoms with Gasteiger partial charge < -0.3 is 10.1 Å². The molecule has 1 aliphatic heterocycles. The van der Waals surface area contributed by atoms with Crippen LogP contribution in [0.15, 0.2) is 36.4 Å². The Labute approximate surface area is 130 Å². The lowest BCUT2D eigenvalue weighted by molar-refractivity contribution is -0.137. The minimum absolute atomic E-state index is 0.0955. The molecule has 0 saturated heterocycles. The van der Waals surface area contributed by atoms with Gasteiger partial charge in [0, 0.05) is 5.69 Å². The third kappa shape index (κ3) is 2.73.